The maximum absolute atomic E-state index is 13.6. The first-order valence-electron chi connectivity index (χ1n) is 12.3. The number of para-hydroxylation sites is 1. The molecule has 1 amide bonds. The van der Waals surface area contributed by atoms with Crippen LogP contribution in [0.5, 0.6) is 11.5 Å². The van der Waals surface area contributed by atoms with E-state index in [1.54, 1.807) is 7.11 Å². The smallest absolute Gasteiger partial charge is 0.224 e. The van der Waals surface area contributed by atoms with Gasteiger partial charge in [0.25, 0.3) is 0 Å². The minimum atomic E-state index is -0.906. The lowest BCUT2D eigenvalue weighted by Crippen LogP contribution is -2.46. The lowest BCUT2D eigenvalue weighted by atomic mass is 9.88. The average molecular weight is 569 g/mol. The molecule has 196 valence electrons. The Bertz CT molecular complexity index is 1190. The topological polar surface area (TPSA) is 114 Å². The molecule has 5 N–H and O–H groups in total. The second-order valence-corrected chi connectivity index (χ2v) is 10.4. The van der Waals surface area contributed by atoms with E-state index in [0.717, 1.165) is 21.2 Å². The fourth-order valence-corrected chi connectivity index (χ4v) is 4.92. The Labute approximate surface area is 225 Å². The number of hydrogen-bond donors (Lipinski definition) is 4. The molecule has 0 saturated carbocycles. The summed E-state index contributed by atoms with van der Waals surface area (Å²) in [7, 11) is 1.60. The molecule has 7 nitrogen and oxygen atoms in total. The number of fused-ring (bicyclic) bond motifs is 1. The molecule has 1 aliphatic heterocycles. The van der Waals surface area contributed by atoms with Gasteiger partial charge in [-0.15, -0.1) is 0 Å². The second-order valence-electron chi connectivity index (χ2n) is 9.45. The molecule has 1 aliphatic rings. The summed E-state index contributed by atoms with van der Waals surface area (Å²) in [5, 5.41) is 24.7. The molecule has 0 saturated heterocycles. The predicted octanol–water partition coefficient (Wildman–Crippen LogP) is 3.55. The minimum absolute atomic E-state index is 0.0865. The van der Waals surface area contributed by atoms with Crippen LogP contribution in [0.3, 0.4) is 0 Å². The van der Waals surface area contributed by atoms with Gasteiger partial charge in [0.05, 0.1) is 19.3 Å². The van der Waals surface area contributed by atoms with Crippen LogP contribution >= 0.6 is 15.9 Å². The van der Waals surface area contributed by atoms with Gasteiger partial charge in [0.2, 0.25) is 5.91 Å². The molecule has 0 fully saturated rings. The van der Waals surface area contributed by atoms with Crippen LogP contribution in [0.4, 0.5) is 0 Å². The third-order valence-electron chi connectivity index (χ3n) is 6.74. The van der Waals surface area contributed by atoms with Gasteiger partial charge in [-0.25, -0.2) is 0 Å². The summed E-state index contributed by atoms with van der Waals surface area (Å²) in [6.45, 7) is 0.0865. The number of aliphatic hydroxyl groups excluding tert-OH is 2. The van der Waals surface area contributed by atoms with Crippen molar-refractivity contribution in [3.63, 3.8) is 0 Å². The van der Waals surface area contributed by atoms with Crippen molar-refractivity contribution in [1.29, 1.82) is 0 Å². The zero-order valence-corrected chi connectivity index (χ0v) is 22.3. The Morgan fingerprint density at radius 3 is 2.62 bits per heavy atom. The molecular formula is C29H33BrN2O5. The summed E-state index contributed by atoms with van der Waals surface area (Å²) in [4.78, 5) is 13.6. The summed E-state index contributed by atoms with van der Waals surface area (Å²) in [5.74, 6) is 0.482. The van der Waals surface area contributed by atoms with Gasteiger partial charge >= 0.3 is 0 Å². The van der Waals surface area contributed by atoms with Crippen molar-refractivity contribution in [2.45, 2.75) is 43.6 Å². The SMILES string of the molecule is COc1cccc(CC(CC(O)C(N)Cc2ccc(Br)cc2)C(=O)NC2c3ccccc3OCC2O)c1. The number of benzene rings is 3. The summed E-state index contributed by atoms with van der Waals surface area (Å²) >= 11 is 3.43. The fourth-order valence-electron chi connectivity index (χ4n) is 4.65. The van der Waals surface area contributed by atoms with Crippen molar-refractivity contribution < 1.29 is 24.5 Å². The lowest BCUT2D eigenvalue weighted by molar-refractivity contribution is -0.128. The van der Waals surface area contributed by atoms with Gasteiger partial charge in [-0.2, -0.15) is 0 Å². The number of rotatable bonds is 10. The number of methoxy groups -OCH3 is 1. The lowest BCUT2D eigenvalue weighted by Gasteiger charge is -2.32. The summed E-state index contributed by atoms with van der Waals surface area (Å²) < 4.78 is 11.9. The van der Waals surface area contributed by atoms with Crippen LogP contribution < -0.4 is 20.5 Å². The molecule has 37 heavy (non-hydrogen) atoms. The molecule has 3 aromatic carbocycles. The minimum Gasteiger partial charge on any atom is -0.497 e. The number of aliphatic hydroxyl groups is 2. The van der Waals surface area contributed by atoms with Crippen LogP contribution in [0.15, 0.2) is 77.3 Å². The number of nitrogens with one attached hydrogen (secondary N) is 1. The average Bonchev–Trinajstić information content (AvgIpc) is 2.91. The predicted molar refractivity (Wildman–Crippen MR) is 145 cm³/mol. The van der Waals surface area contributed by atoms with Crippen LogP contribution in [0.25, 0.3) is 0 Å². The van der Waals surface area contributed by atoms with Crippen LogP contribution in [0, 0.1) is 5.92 Å². The Morgan fingerprint density at radius 2 is 1.86 bits per heavy atom. The highest BCUT2D eigenvalue weighted by Crippen LogP contribution is 2.32. The number of amides is 1. The normalized spacial score (nSPS) is 19.2. The summed E-state index contributed by atoms with van der Waals surface area (Å²) in [6.07, 6.45) is -0.764. The number of carbonyl (C=O) groups excluding carboxylic acids is 1. The molecule has 0 spiro atoms. The molecular weight excluding hydrogens is 536 g/mol. The summed E-state index contributed by atoms with van der Waals surface area (Å²) in [5.41, 5.74) is 9.01. The second kappa shape index (κ2) is 12.6. The van der Waals surface area contributed by atoms with Gasteiger partial charge in [-0.1, -0.05) is 58.4 Å². The fraction of sp³-hybridized carbons (Fsp3) is 0.345. The molecule has 0 radical (unpaired) electrons. The number of halogens is 1. The highest BCUT2D eigenvalue weighted by molar-refractivity contribution is 9.10. The Kier molecular flexibility index (Phi) is 9.21. The Balaban J connectivity index is 1.52. The van der Waals surface area contributed by atoms with E-state index in [9.17, 15) is 15.0 Å². The van der Waals surface area contributed by atoms with E-state index < -0.39 is 30.2 Å². The number of carbonyl (C=O) groups is 1. The standard InChI is InChI=1S/C29H33BrN2O5/c1-36-22-6-4-5-19(14-22)13-20(16-25(33)24(31)15-18-9-11-21(30)12-10-18)29(35)32-28-23-7-2-3-8-27(23)37-17-26(28)34/h2-12,14,20,24-26,28,33-34H,13,15-17,31H2,1H3,(H,32,35). The van der Waals surface area contributed by atoms with Crippen molar-refractivity contribution in [3.05, 3.63) is 94.0 Å². The van der Waals surface area contributed by atoms with Crippen LogP contribution in [0.2, 0.25) is 0 Å². The van der Waals surface area contributed by atoms with Crippen molar-refractivity contribution >= 4 is 21.8 Å². The van der Waals surface area contributed by atoms with Crippen LogP contribution in [-0.2, 0) is 17.6 Å². The van der Waals surface area contributed by atoms with Gasteiger partial charge in [0.15, 0.2) is 0 Å². The number of nitrogens with two attached hydrogens (primary N) is 1. The van der Waals surface area contributed by atoms with Gasteiger partial charge < -0.3 is 30.7 Å². The van der Waals surface area contributed by atoms with Gasteiger partial charge in [0.1, 0.15) is 24.2 Å². The quantitative estimate of drug-likeness (QED) is 0.297. The van der Waals surface area contributed by atoms with Crippen LogP contribution in [-0.4, -0.2) is 48.1 Å². The largest absolute Gasteiger partial charge is 0.497 e. The van der Waals surface area contributed by atoms with E-state index in [2.05, 4.69) is 21.2 Å². The molecule has 5 atom stereocenters. The van der Waals surface area contributed by atoms with Gasteiger partial charge in [-0.3, -0.25) is 4.79 Å². The molecule has 5 unspecified atom stereocenters. The molecule has 0 aromatic heterocycles. The zero-order valence-electron chi connectivity index (χ0n) is 20.7. The van der Waals surface area contributed by atoms with Crippen molar-refractivity contribution in [1.82, 2.24) is 5.32 Å². The van der Waals surface area contributed by atoms with E-state index in [1.807, 2.05) is 72.8 Å². The van der Waals surface area contributed by atoms with E-state index in [0.29, 0.717) is 24.3 Å². The van der Waals surface area contributed by atoms with E-state index in [-0.39, 0.29) is 18.9 Å². The van der Waals surface area contributed by atoms with E-state index in [4.69, 9.17) is 15.2 Å². The molecule has 0 aliphatic carbocycles. The highest BCUT2D eigenvalue weighted by atomic mass is 79.9. The van der Waals surface area contributed by atoms with E-state index in [1.165, 1.54) is 0 Å². The van der Waals surface area contributed by atoms with Crippen LogP contribution in [0.1, 0.15) is 29.2 Å². The molecule has 8 heteroatoms. The van der Waals surface area contributed by atoms with E-state index >= 15 is 0 Å². The number of hydrogen-bond acceptors (Lipinski definition) is 6. The highest BCUT2D eigenvalue weighted by Gasteiger charge is 2.33. The molecule has 4 rings (SSSR count). The molecule has 1 heterocycles. The third-order valence-corrected chi connectivity index (χ3v) is 7.27. The van der Waals surface area contributed by atoms with Crippen molar-refractivity contribution in [3.8, 4) is 11.5 Å². The first kappa shape index (κ1) is 27.1. The van der Waals surface area contributed by atoms with Crippen molar-refractivity contribution in [2.24, 2.45) is 11.7 Å². The maximum Gasteiger partial charge on any atom is 0.224 e. The van der Waals surface area contributed by atoms with Gasteiger partial charge in [0, 0.05) is 22.0 Å². The first-order valence-corrected chi connectivity index (χ1v) is 13.1. The van der Waals surface area contributed by atoms with Gasteiger partial charge in [-0.05, 0) is 60.7 Å². The summed E-state index contributed by atoms with van der Waals surface area (Å²) in [6, 6.07) is 21.5. The third kappa shape index (κ3) is 7.11. The first-order chi connectivity index (χ1) is 17.8. The maximum atomic E-state index is 13.6. The van der Waals surface area contributed by atoms with Crippen molar-refractivity contribution in [2.75, 3.05) is 13.7 Å². The Morgan fingerprint density at radius 1 is 1.11 bits per heavy atom. The number of ether oxygens (including phenoxy) is 2. The molecule has 0 bridgehead atoms. The zero-order chi connectivity index (χ0) is 26.4. The monoisotopic (exact) mass is 568 g/mol. The Hall–Kier alpha value is -2.91. The molecule has 3 aromatic rings.